The third-order valence-electron chi connectivity index (χ3n) is 5.08. The first-order valence-electron chi connectivity index (χ1n) is 10.1. The van der Waals surface area contributed by atoms with Gasteiger partial charge in [0.1, 0.15) is 0 Å². The van der Waals surface area contributed by atoms with E-state index in [0.717, 1.165) is 36.1 Å². The molecule has 1 aromatic heterocycles. The van der Waals surface area contributed by atoms with Gasteiger partial charge in [0.2, 0.25) is 5.78 Å². The molecule has 3 aromatic rings. The lowest BCUT2D eigenvalue weighted by Gasteiger charge is -2.11. The van der Waals surface area contributed by atoms with Crippen LogP contribution in [-0.4, -0.2) is 27.5 Å². The maximum atomic E-state index is 12.8. The Morgan fingerprint density at radius 2 is 1.77 bits per heavy atom. The summed E-state index contributed by atoms with van der Waals surface area (Å²) in [6.45, 7) is 4.55. The minimum atomic E-state index is -0.964. The zero-order chi connectivity index (χ0) is 21.5. The Labute approximate surface area is 176 Å². The van der Waals surface area contributed by atoms with Crippen LogP contribution >= 0.6 is 0 Å². The Morgan fingerprint density at radius 1 is 1.03 bits per heavy atom. The van der Waals surface area contributed by atoms with E-state index in [-0.39, 0.29) is 12.4 Å². The highest BCUT2D eigenvalue weighted by Crippen LogP contribution is 2.15. The average molecular weight is 405 g/mol. The molecule has 0 spiro atoms. The zero-order valence-electron chi connectivity index (χ0n) is 17.4. The molecule has 0 radical (unpaired) electrons. The normalized spacial score (nSPS) is 11.9. The van der Waals surface area contributed by atoms with Crippen LogP contribution in [-0.2, 0) is 29.1 Å². The van der Waals surface area contributed by atoms with E-state index in [4.69, 9.17) is 9.84 Å². The molecular formula is C25H27NO4. The van der Waals surface area contributed by atoms with Crippen LogP contribution in [0.4, 0.5) is 0 Å². The lowest BCUT2D eigenvalue weighted by molar-refractivity contribution is -0.149. The molecule has 0 saturated heterocycles. The summed E-state index contributed by atoms with van der Waals surface area (Å²) in [5.74, 6) is -0.930. The summed E-state index contributed by atoms with van der Waals surface area (Å²) in [5, 5.41) is 8.92. The number of carbonyl (C=O) groups is 2. The number of aryl methyl sites for hydroxylation is 3. The first-order chi connectivity index (χ1) is 14.4. The van der Waals surface area contributed by atoms with Gasteiger partial charge >= 0.3 is 5.97 Å². The Balaban J connectivity index is 1.57. The fourth-order valence-electron chi connectivity index (χ4n) is 3.29. The molecule has 0 aliphatic rings. The zero-order valence-corrected chi connectivity index (χ0v) is 17.4. The van der Waals surface area contributed by atoms with Crippen molar-refractivity contribution in [3.63, 3.8) is 0 Å². The Bertz CT molecular complexity index is 1000. The number of hydrogen-bond acceptors (Lipinski definition) is 3. The first kappa shape index (κ1) is 21.5. The smallest absolute Gasteiger partial charge is 0.332 e. The molecule has 0 fully saturated rings. The van der Waals surface area contributed by atoms with Crippen LogP contribution in [0.25, 0.3) is 0 Å². The van der Waals surface area contributed by atoms with E-state index in [0.29, 0.717) is 11.3 Å². The highest BCUT2D eigenvalue weighted by molar-refractivity contribution is 6.08. The van der Waals surface area contributed by atoms with E-state index < -0.39 is 12.1 Å². The van der Waals surface area contributed by atoms with Gasteiger partial charge in [-0.2, -0.15) is 0 Å². The van der Waals surface area contributed by atoms with E-state index in [2.05, 4.69) is 6.07 Å². The molecule has 1 N–H and O–H groups in total. The van der Waals surface area contributed by atoms with Crippen molar-refractivity contribution in [1.29, 1.82) is 0 Å². The molecule has 0 aliphatic heterocycles. The van der Waals surface area contributed by atoms with E-state index in [1.54, 1.807) is 0 Å². The largest absolute Gasteiger partial charge is 0.479 e. The lowest BCUT2D eigenvalue weighted by Crippen LogP contribution is -2.19. The third kappa shape index (κ3) is 5.67. The Kier molecular flexibility index (Phi) is 7.20. The molecule has 5 nitrogen and oxygen atoms in total. The average Bonchev–Trinajstić information content (AvgIpc) is 3.21. The van der Waals surface area contributed by atoms with Crippen LogP contribution in [0, 0.1) is 6.92 Å². The molecule has 156 valence electrons. The predicted molar refractivity (Wildman–Crippen MR) is 116 cm³/mol. The van der Waals surface area contributed by atoms with E-state index >= 15 is 0 Å². The minimum Gasteiger partial charge on any atom is -0.479 e. The first-order valence-corrected chi connectivity index (χ1v) is 10.1. The molecule has 1 heterocycles. The van der Waals surface area contributed by atoms with E-state index in [1.807, 2.05) is 72.3 Å². The molecule has 0 unspecified atom stereocenters. The van der Waals surface area contributed by atoms with Crippen molar-refractivity contribution in [3.8, 4) is 0 Å². The number of aliphatic carboxylic acids is 1. The number of carboxylic acids is 1. The number of carbonyl (C=O) groups excluding carboxylic acids is 1. The topological polar surface area (TPSA) is 68.5 Å². The maximum absolute atomic E-state index is 12.8. The van der Waals surface area contributed by atoms with Gasteiger partial charge in [0, 0.05) is 18.3 Å². The summed E-state index contributed by atoms with van der Waals surface area (Å²) in [6.07, 6.45) is 2.86. The van der Waals surface area contributed by atoms with Crippen molar-refractivity contribution >= 4 is 11.8 Å². The number of carboxylic acid groups (broad SMARTS) is 1. The summed E-state index contributed by atoms with van der Waals surface area (Å²) in [7, 11) is 0. The fourth-order valence-corrected chi connectivity index (χ4v) is 3.29. The van der Waals surface area contributed by atoms with Crippen molar-refractivity contribution in [2.45, 2.75) is 45.9 Å². The Morgan fingerprint density at radius 3 is 2.50 bits per heavy atom. The van der Waals surface area contributed by atoms with E-state index in [9.17, 15) is 9.59 Å². The standard InChI is InChI=1S/C25H27NO4/c1-18-10-12-22(13-11-18)24(27)23-9-5-15-26(23)14-4-8-20-6-3-7-21(16-20)17-30-19(2)25(28)29/h3,5-7,9-13,15-16,19H,4,8,14,17H2,1-2H3,(H,28,29)/t19-/m0/s1. The number of hydrogen-bond donors (Lipinski definition) is 1. The fraction of sp³-hybridized carbons (Fsp3) is 0.280. The second-order valence-electron chi connectivity index (χ2n) is 7.50. The summed E-state index contributed by atoms with van der Waals surface area (Å²) in [6, 6.07) is 19.4. The van der Waals surface area contributed by atoms with Gasteiger partial charge in [0.15, 0.2) is 6.10 Å². The highest BCUT2D eigenvalue weighted by atomic mass is 16.5. The van der Waals surface area contributed by atoms with Crippen LogP contribution in [0.1, 0.15) is 46.1 Å². The number of aromatic nitrogens is 1. The van der Waals surface area contributed by atoms with Gasteiger partial charge in [-0.15, -0.1) is 0 Å². The number of rotatable bonds is 10. The van der Waals surface area contributed by atoms with Crippen LogP contribution in [0.5, 0.6) is 0 Å². The van der Waals surface area contributed by atoms with Crippen molar-refractivity contribution in [2.75, 3.05) is 0 Å². The van der Waals surface area contributed by atoms with Crippen LogP contribution < -0.4 is 0 Å². The predicted octanol–water partition coefficient (Wildman–Crippen LogP) is 4.65. The summed E-state index contributed by atoms with van der Waals surface area (Å²) in [4.78, 5) is 23.7. The summed E-state index contributed by atoms with van der Waals surface area (Å²) in [5.41, 5.74) is 4.65. The number of ketones is 1. The lowest BCUT2D eigenvalue weighted by atomic mass is 10.1. The monoisotopic (exact) mass is 405 g/mol. The number of nitrogens with zero attached hydrogens (tertiary/aromatic N) is 1. The van der Waals surface area contributed by atoms with E-state index in [1.165, 1.54) is 6.92 Å². The molecule has 2 aromatic carbocycles. The molecule has 5 heteroatoms. The highest BCUT2D eigenvalue weighted by Gasteiger charge is 2.13. The molecule has 1 atom stereocenters. The van der Waals surface area contributed by atoms with Crippen molar-refractivity contribution in [3.05, 3.63) is 94.8 Å². The molecular weight excluding hydrogens is 378 g/mol. The Hall–Kier alpha value is -3.18. The van der Waals surface area contributed by atoms with Crippen molar-refractivity contribution in [1.82, 2.24) is 4.57 Å². The number of benzene rings is 2. The number of ether oxygens (including phenoxy) is 1. The van der Waals surface area contributed by atoms with Crippen molar-refractivity contribution in [2.24, 2.45) is 0 Å². The molecule has 3 rings (SSSR count). The van der Waals surface area contributed by atoms with Gasteiger partial charge in [-0.3, -0.25) is 4.79 Å². The van der Waals surface area contributed by atoms with Gasteiger partial charge in [-0.1, -0.05) is 54.1 Å². The molecule has 30 heavy (non-hydrogen) atoms. The maximum Gasteiger partial charge on any atom is 0.332 e. The van der Waals surface area contributed by atoms with Gasteiger partial charge < -0.3 is 14.4 Å². The van der Waals surface area contributed by atoms with Crippen LogP contribution in [0.15, 0.2) is 66.9 Å². The minimum absolute atomic E-state index is 0.0340. The van der Waals surface area contributed by atoms with Crippen LogP contribution in [0.2, 0.25) is 0 Å². The quantitative estimate of drug-likeness (QED) is 0.499. The van der Waals surface area contributed by atoms with Crippen molar-refractivity contribution < 1.29 is 19.4 Å². The molecule has 0 aliphatic carbocycles. The SMILES string of the molecule is Cc1ccc(C(=O)c2cccn2CCCc2cccc(CO[C@@H](C)C(=O)O)c2)cc1. The van der Waals surface area contributed by atoms with Gasteiger partial charge in [0.05, 0.1) is 12.3 Å². The summed E-state index contributed by atoms with van der Waals surface area (Å²) < 4.78 is 7.36. The molecule has 0 bridgehead atoms. The van der Waals surface area contributed by atoms with Crippen LogP contribution in [0.3, 0.4) is 0 Å². The third-order valence-corrected chi connectivity index (χ3v) is 5.08. The second kappa shape index (κ2) is 10.0. The second-order valence-corrected chi connectivity index (χ2v) is 7.50. The molecule has 0 saturated carbocycles. The van der Waals surface area contributed by atoms with Gasteiger partial charge in [-0.05, 0) is 49.9 Å². The van der Waals surface area contributed by atoms with Gasteiger partial charge in [0.25, 0.3) is 0 Å². The molecule has 0 amide bonds. The summed E-state index contributed by atoms with van der Waals surface area (Å²) >= 11 is 0. The van der Waals surface area contributed by atoms with Gasteiger partial charge in [-0.25, -0.2) is 4.79 Å².